The number of hydrogen-bond acceptors (Lipinski definition) is 3. The number of carboxylic acid groups (broad SMARTS) is 1. The summed E-state index contributed by atoms with van der Waals surface area (Å²) in [5.74, 6) is -0.992. The molecule has 0 unspecified atom stereocenters. The molecule has 1 heterocycles. The van der Waals surface area contributed by atoms with E-state index >= 15 is 0 Å². The van der Waals surface area contributed by atoms with Gasteiger partial charge in [-0.3, -0.25) is 0 Å². The molecule has 0 aromatic heterocycles. The molecule has 1 aliphatic rings. The molecule has 104 valence electrons. The Bertz CT molecular complexity index is 504. The standard InChI is InChI=1S/C14H19ClN2O2/c1-14(2)3-5-17(6-4-14)12-10(13(18)19)7-9(16)8-11(12)15/h7-8H,3-6,16H2,1-2H3,(H,18,19). The summed E-state index contributed by atoms with van der Waals surface area (Å²) >= 11 is 6.20. The third kappa shape index (κ3) is 2.95. The Morgan fingerprint density at radius 1 is 1.37 bits per heavy atom. The van der Waals surface area contributed by atoms with Crippen LogP contribution >= 0.6 is 11.6 Å². The summed E-state index contributed by atoms with van der Waals surface area (Å²) in [5, 5.41) is 9.72. The topological polar surface area (TPSA) is 66.6 Å². The Labute approximate surface area is 118 Å². The van der Waals surface area contributed by atoms with E-state index in [0.29, 0.717) is 21.8 Å². The normalized spacial score (nSPS) is 18.4. The van der Waals surface area contributed by atoms with Gasteiger partial charge in [-0.1, -0.05) is 25.4 Å². The molecule has 0 saturated carbocycles. The summed E-state index contributed by atoms with van der Waals surface area (Å²) < 4.78 is 0. The maximum Gasteiger partial charge on any atom is 0.337 e. The zero-order valence-electron chi connectivity index (χ0n) is 11.2. The zero-order chi connectivity index (χ0) is 14.2. The van der Waals surface area contributed by atoms with Gasteiger partial charge in [-0.25, -0.2) is 4.79 Å². The number of carboxylic acids is 1. The number of halogens is 1. The molecule has 1 aliphatic heterocycles. The number of nitrogens with two attached hydrogens (primary N) is 1. The first-order valence-corrected chi connectivity index (χ1v) is 6.75. The van der Waals surface area contributed by atoms with Crippen molar-refractivity contribution < 1.29 is 9.90 Å². The van der Waals surface area contributed by atoms with Gasteiger partial charge in [0.25, 0.3) is 0 Å². The second-order valence-corrected chi connectivity index (χ2v) is 6.26. The number of anilines is 2. The Morgan fingerprint density at radius 3 is 2.47 bits per heavy atom. The van der Waals surface area contributed by atoms with Gasteiger partial charge in [0.05, 0.1) is 16.3 Å². The van der Waals surface area contributed by atoms with Gasteiger partial charge in [0.2, 0.25) is 0 Å². The summed E-state index contributed by atoms with van der Waals surface area (Å²) in [6.45, 7) is 6.09. The molecule has 2 rings (SSSR count). The fourth-order valence-electron chi connectivity index (χ4n) is 2.44. The van der Waals surface area contributed by atoms with Gasteiger partial charge in [-0.05, 0) is 30.4 Å². The first kappa shape index (κ1) is 14.0. The van der Waals surface area contributed by atoms with Crippen LogP contribution in [0.1, 0.15) is 37.0 Å². The van der Waals surface area contributed by atoms with E-state index in [2.05, 4.69) is 18.7 Å². The molecule has 19 heavy (non-hydrogen) atoms. The molecular weight excluding hydrogens is 264 g/mol. The molecular formula is C14H19ClN2O2. The van der Waals surface area contributed by atoms with E-state index in [1.807, 2.05) is 0 Å². The smallest absolute Gasteiger partial charge is 0.337 e. The summed E-state index contributed by atoms with van der Waals surface area (Å²) in [7, 11) is 0. The molecule has 4 nitrogen and oxygen atoms in total. The van der Waals surface area contributed by atoms with Crippen molar-refractivity contribution in [3.63, 3.8) is 0 Å². The molecule has 1 aromatic rings. The fourth-order valence-corrected chi connectivity index (χ4v) is 2.79. The number of benzene rings is 1. The van der Waals surface area contributed by atoms with Crippen LogP contribution in [-0.2, 0) is 0 Å². The molecule has 0 spiro atoms. The van der Waals surface area contributed by atoms with E-state index in [1.54, 1.807) is 6.07 Å². The van der Waals surface area contributed by atoms with Crippen molar-refractivity contribution in [1.82, 2.24) is 0 Å². The van der Waals surface area contributed by atoms with Crippen molar-refractivity contribution in [3.8, 4) is 0 Å². The molecule has 1 fully saturated rings. The van der Waals surface area contributed by atoms with Crippen molar-refractivity contribution in [3.05, 3.63) is 22.7 Å². The second kappa shape index (κ2) is 4.93. The Kier molecular flexibility index (Phi) is 3.63. The average Bonchev–Trinajstić information content (AvgIpc) is 2.29. The molecule has 0 bridgehead atoms. The molecule has 5 heteroatoms. The lowest BCUT2D eigenvalue weighted by molar-refractivity contribution is 0.0697. The van der Waals surface area contributed by atoms with Crippen LogP contribution in [0, 0.1) is 5.41 Å². The van der Waals surface area contributed by atoms with Crippen LogP contribution in [0.3, 0.4) is 0 Å². The number of hydrogen-bond donors (Lipinski definition) is 2. The van der Waals surface area contributed by atoms with Crippen molar-refractivity contribution in [2.24, 2.45) is 5.41 Å². The predicted molar refractivity (Wildman–Crippen MR) is 78.1 cm³/mol. The van der Waals surface area contributed by atoms with Crippen LogP contribution < -0.4 is 10.6 Å². The highest BCUT2D eigenvalue weighted by atomic mass is 35.5. The molecule has 1 aromatic carbocycles. The minimum atomic E-state index is -0.992. The van der Waals surface area contributed by atoms with E-state index < -0.39 is 5.97 Å². The number of carbonyl (C=O) groups is 1. The van der Waals surface area contributed by atoms with Crippen molar-refractivity contribution >= 4 is 28.9 Å². The number of nitrogens with zero attached hydrogens (tertiary/aromatic N) is 1. The highest BCUT2D eigenvalue weighted by Crippen LogP contribution is 2.38. The van der Waals surface area contributed by atoms with Gasteiger partial charge >= 0.3 is 5.97 Å². The lowest BCUT2D eigenvalue weighted by Crippen LogP contribution is -2.38. The summed E-state index contributed by atoms with van der Waals surface area (Å²) in [6.07, 6.45) is 2.04. The lowest BCUT2D eigenvalue weighted by Gasteiger charge is -2.39. The zero-order valence-corrected chi connectivity index (χ0v) is 12.0. The first-order valence-electron chi connectivity index (χ1n) is 6.37. The van der Waals surface area contributed by atoms with Crippen molar-refractivity contribution in [2.75, 3.05) is 23.7 Å². The third-order valence-corrected chi connectivity index (χ3v) is 4.04. The Hall–Kier alpha value is -1.42. The summed E-state index contributed by atoms with van der Waals surface area (Å²) in [4.78, 5) is 13.4. The van der Waals surface area contributed by atoms with Gasteiger partial charge in [0.1, 0.15) is 0 Å². The first-order chi connectivity index (χ1) is 8.80. The minimum Gasteiger partial charge on any atom is -0.478 e. The maximum absolute atomic E-state index is 11.4. The van der Waals surface area contributed by atoms with Gasteiger partial charge in [-0.15, -0.1) is 0 Å². The summed E-state index contributed by atoms with van der Waals surface area (Å²) in [5.41, 5.74) is 7.14. The Balaban J connectivity index is 2.37. The lowest BCUT2D eigenvalue weighted by atomic mass is 9.82. The Morgan fingerprint density at radius 2 is 1.95 bits per heavy atom. The van der Waals surface area contributed by atoms with Crippen LogP contribution in [0.4, 0.5) is 11.4 Å². The van der Waals surface area contributed by atoms with Crippen LogP contribution in [0.15, 0.2) is 12.1 Å². The molecule has 0 aliphatic carbocycles. The van der Waals surface area contributed by atoms with Crippen LogP contribution in [0.25, 0.3) is 0 Å². The van der Waals surface area contributed by atoms with Crippen LogP contribution in [0.5, 0.6) is 0 Å². The molecule has 0 amide bonds. The number of rotatable bonds is 2. The number of nitrogen functional groups attached to an aromatic ring is 1. The van der Waals surface area contributed by atoms with Crippen molar-refractivity contribution in [1.29, 1.82) is 0 Å². The SMILES string of the molecule is CC1(C)CCN(c2c(Cl)cc(N)cc2C(=O)O)CC1. The van der Waals surface area contributed by atoms with Crippen molar-refractivity contribution in [2.45, 2.75) is 26.7 Å². The quantitative estimate of drug-likeness (QED) is 0.817. The van der Waals surface area contributed by atoms with E-state index in [4.69, 9.17) is 17.3 Å². The highest BCUT2D eigenvalue weighted by molar-refractivity contribution is 6.34. The molecule has 3 N–H and O–H groups in total. The van der Waals surface area contributed by atoms with Gasteiger partial charge in [0, 0.05) is 18.8 Å². The van der Waals surface area contributed by atoms with Crippen LogP contribution in [-0.4, -0.2) is 24.2 Å². The van der Waals surface area contributed by atoms with Crippen LogP contribution in [0.2, 0.25) is 5.02 Å². The predicted octanol–water partition coefficient (Wildman–Crippen LogP) is 3.25. The summed E-state index contributed by atoms with van der Waals surface area (Å²) in [6, 6.07) is 3.09. The van der Waals surface area contributed by atoms with E-state index in [9.17, 15) is 9.90 Å². The second-order valence-electron chi connectivity index (χ2n) is 5.86. The van der Waals surface area contributed by atoms with E-state index in [-0.39, 0.29) is 5.56 Å². The third-order valence-electron chi connectivity index (χ3n) is 3.75. The molecule has 0 atom stereocenters. The number of piperidine rings is 1. The van der Waals surface area contributed by atoms with Gasteiger partial charge in [-0.2, -0.15) is 0 Å². The number of aromatic carboxylic acids is 1. The molecule has 0 radical (unpaired) electrons. The maximum atomic E-state index is 11.4. The molecule has 1 saturated heterocycles. The van der Waals surface area contributed by atoms with Gasteiger partial charge < -0.3 is 15.7 Å². The minimum absolute atomic E-state index is 0.185. The highest BCUT2D eigenvalue weighted by Gasteiger charge is 2.28. The van der Waals surface area contributed by atoms with Gasteiger partial charge in [0.15, 0.2) is 0 Å². The largest absolute Gasteiger partial charge is 0.478 e. The average molecular weight is 283 g/mol. The monoisotopic (exact) mass is 282 g/mol. The van der Waals surface area contributed by atoms with E-state index in [1.165, 1.54) is 6.07 Å². The van der Waals surface area contributed by atoms with E-state index in [0.717, 1.165) is 25.9 Å². The fraction of sp³-hybridized carbons (Fsp3) is 0.500.